The van der Waals surface area contributed by atoms with Crippen LogP contribution in [0.2, 0.25) is 0 Å². The maximum Gasteiger partial charge on any atom is 0.407 e. The van der Waals surface area contributed by atoms with E-state index in [4.69, 9.17) is 4.74 Å². The molecule has 1 heterocycles. The van der Waals surface area contributed by atoms with E-state index in [1.165, 1.54) is 6.92 Å². The van der Waals surface area contributed by atoms with E-state index in [1.807, 2.05) is 20.8 Å². The first-order valence-corrected chi connectivity index (χ1v) is 5.02. The minimum Gasteiger partial charge on any atom is -0.442 e. The first kappa shape index (κ1) is 12.0. The van der Waals surface area contributed by atoms with Crippen molar-refractivity contribution in [2.24, 2.45) is 0 Å². The summed E-state index contributed by atoms with van der Waals surface area (Å²) >= 11 is 0. The third-order valence-electron chi connectivity index (χ3n) is 2.10. The summed E-state index contributed by atoms with van der Waals surface area (Å²) in [6.07, 6.45) is -0.865. The van der Waals surface area contributed by atoms with Gasteiger partial charge in [-0.05, 0) is 27.7 Å². The number of ether oxygens (including phenoxy) is 1. The van der Waals surface area contributed by atoms with Gasteiger partial charge in [0.2, 0.25) is 0 Å². The molecule has 15 heavy (non-hydrogen) atoms. The number of hydrogen-bond acceptors (Lipinski definition) is 4. The molecule has 0 bridgehead atoms. The molecule has 1 aliphatic rings. The van der Waals surface area contributed by atoms with E-state index >= 15 is 0 Å². The van der Waals surface area contributed by atoms with Gasteiger partial charge < -0.3 is 10.1 Å². The van der Waals surface area contributed by atoms with Crippen molar-refractivity contribution in [1.29, 1.82) is 0 Å². The summed E-state index contributed by atoms with van der Waals surface area (Å²) in [6, 6.07) is -0.441. The van der Waals surface area contributed by atoms with Crippen LogP contribution >= 0.6 is 0 Å². The van der Waals surface area contributed by atoms with Crippen LogP contribution in [0.4, 0.5) is 4.79 Å². The Morgan fingerprint density at radius 1 is 1.60 bits per heavy atom. The Hall–Kier alpha value is -1.10. The van der Waals surface area contributed by atoms with Gasteiger partial charge in [-0.1, -0.05) is 0 Å². The number of amides is 1. The number of nitrogens with one attached hydrogen (secondary N) is 2. The SMILES string of the molecule is CC(=O)[C@H](NC(C)(C)C)C1CNC(=O)O1. The molecule has 5 heteroatoms. The van der Waals surface area contributed by atoms with Gasteiger partial charge in [-0.3, -0.25) is 10.1 Å². The number of rotatable bonds is 3. The van der Waals surface area contributed by atoms with Crippen LogP contribution in [0.1, 0.15) is 27.7 Å². The Bertz CT molecular complexity index is 270. The molecule has 0 aromatic heterocycles. The van der Waals surface area contributed by atoms with E-state index in [9.17, 15) is 9.59 Å². The average Bonchev–Trinajstić information content (AvgIpc) is 2.45. The molecule has 0 radical (unpaired) electrons. The van der Waals surface area contributed by atoms with Gasteiger partial charge in [0.05, 0.1) is 6.54 Å². The minimum atomic E-state index is -0.457. The standard InChI is InChI=1S/C10H18N2O3/c1-6(13)8(12-10(2,3)4)7-5-11-9(14)15-7/h7-8,12H,5H2,1-4H3,(H,11,14)/t7?,8-/m0/s1. The van der Waals surface area contributed by atoms with Crippen LogP contribution < -0.4 is 10.6 Å². The lowest BCUT2D eigenvalue weighted by molar-refractivity contribution is -0.121. The van der Waals surface area contributed by atoms with E-state index in [0.717, 1.165) is 0 Å². The molecule has 1 rings (SSSR count). The van der Waals surface area contributed by atoms with Gasteiger partial charge in [-0.25, -0.2) is 4.79 Å². The summed E-state index contributed by atoms with van der Waals surface area (Å²) in [5, 5.41) is 5.69. The molecule has 0 aromatic carbocycles. The van der Waals surface area contributed by atoms with E-state index in [-0.39, 0.29) is 11.3 Å². The fraction of sp³-hybridized carbons (Fsp3) is 0.800. The summed E-state index contributed by atoms with van der Waals surface area (Å²) < 4.78 is 5.00. The van der Waals surface area contributed by atoms with Gasteiger partial charge in [0.1, 0.15) is 12.1 Å². The summed E-state index contributed by atoms with van der Waals surface area (Å²) in [4.78, 5) is 22.3. The third kappa shape index (κ3) is 3.51. The number of alkyl carbamates (subject to hydrolysis) is 1. The van der Waals surface area contributed by atoms with E-state index in [0.29, 0.717) is 6.54 Å². The lowest BCUT2D eigenvalue weighted by Crippen LogP contribution is -2.54. The molecule has 86 valence electrons. The summed E-state index contributed by atoms with van der Waals surface area (Å²) in [6.45, 7) is 7.77. The molecule has 1 unspecified atom stereocenters. The third-order valence-corrected chi connectivity index (χ3v) is 2.10. The van der Waals surface area contributed by atoms with Crippen molar-refractivity contribution in [1.82, 2.24) is 10.6 Å². The van der Waals surface area contributed by atoms with Gasteiger partial charge in [-0.15, -0.1) is 0 Å². The van der Waals surface area contributed by atoms with Crippen LogP contribution in [0.5, 0.6) is 0 Å². The van der Waals surface area contributed by atoms with Crippen molar-refractivity contribution in [3.63, 3.8) is 0 Å². The largest absolute Gasteiger partial charge is 0.442 e. The number of carbonyl (C=O) groups excluding carboxylic acids is 2. The van der Waals surface area contributed by atoms with Crippen molar-refractivity contribution in [2.45, 2.75) is 45.4 Å². The Balaban J connectivity index is 2.66. The zero-order valence-electron chi connectivity index (χ0n) is 9.59. The van der Waals surface area contributed by atoms with Gasteiger partial charge >= 0.3 is 6.09 Å². The highest BCUT2D eigenvalue weighted by molar-refractivity contribution is 5.83. The molecule has 0 spiro atoms. The Morgan fingerprint density at radius 2 is 2.20 bits per heavy atom. The second kappa shape index (κ2) is 4.18. The maximum absolute atomic E-state index is 11.4. The molecule has 2 N–H and O–H groups in total. The van der Waals surface area contributed by atoms with Crippen molar-refractivity contribution in [2.75, 3.05) is 6.54 Å². The molecule has 1 aliphatic heterocycles. The second-order valence-electron chi connectivity index (χ2n) is 4.81. The molecule has 5 nitrogen and oxygen atoms in total. The predicted octanol–water partition coefficient (Wildman–Crippen LogP) is 0.440. The highest BCUT2D eigenvalue weighted by Gasteiger charge is 2.35. The monoisotopic (exact) mass is 214 g/mol. The van der Waals surface area contributed by atoms with Crippen LogP contribution in [0.3, 0.4) is 0 Å². The Morgan fingerprint density at radius 3 is 2.53 bits per heavy atom. The van der Waals surface area contributed by atoms with Crippen molar-refractivity contribution < 1.29 is 14.3 Å². The predicted molar refractivity (Wildman–Crippen MR) is 55.6 cm³/mol. The van der Waals surface area contributed by atoms with E-state index in [1.54, 1.807) is 0 Å². The summed E-state index contributed by atoms with van der Waals surface area (Å²) in [7, 11) is 0. The number of Topliss-reactive ketones (excluding diaryl/α,β-unsaturated/α-hetero) is 1. The number of hydrogen-bond donors (Lipinski definition) is 2. The molecular formula is C10H18N2O3. The average molecular weight is 214 g/mol. The van der Waals surface area contributed by atoms with Crippen LogP contribution in [0.25, 0.3) is 0 Å². The Kier molecular flexibility index (Phi) is 3.34. The summed E-state index contributed by atoms with van der Waals surface area (Å²) in [5.74, 6) is -0.0218. The highest BCUT2D eigenvalue weighted by atomic mass is 16.6. The first-order chi connectivity index (χ1) is 6.79. The first-order valence-electron chi connectivity index (χ1n) is 5.02. The molecular weight excluding hydrogens is 196 g/mol. The molecule has 1 amide bonds. The van der Waals surface area contributed by atoms with Crippen molar-refractivity contribution in [3.8, 4) is 0 Å². The summed E-state index contributed by atoms with van der Waals surface area (Å²) in [5.41, 5.74) is -0.189. The topological polar surface area (TPSA) is 67.4 Å². The number of carbonyl (C=O) groups is 2. The van der Waals surface area contributed by atoms with E-state index < -0.39 is 18.2 Å². The quantitative estimate of drug-likeness (QED) is 0.715. The fourth-order valence-electron chi connectivity index (χ4n) is 1.51. The molecule has 0 aromatic rings. The van der Waals surface area contributed by atoms with Crippen molar-refractivity contribution >= 4 is 11.9 Å². The van der Waals surface area contributed by atoms with Gasteiger partial charge in [0, 0.05) is 5.54 Å². The highest BCUT2D eigenvalue weighted by Crippen LogP contribution is 2.11. The zero-order chi connectivity index (χ0) is 11.6. The number of cyclic esters (lactones) is 1. The normalized spacial score (nSPS) is 23.2. The smallest absolute Gasteiger partial charge is 0.407 e. The minimum absolute atomic E-state index is 0.0218. The van der Waals surface area contributed by atoms with Crippen LogP contribution in [-0.2, 0) is 9.53 Å². The second-order valence-corrected chi connectivity index (χ2v) is 4.81. The fourth-order valence-corrected chi connectivity index (χ4v) is 1.51. The van der Waals surface area contributed by atoms with Crippen molar-refractivity contribution in [3.05, 3.63) is 0 Å². The van der Waals surface area contributed by atoms with Gasteiger partial charge in [0.15, 0.2) is 5.78 Å². The van der Waals surface area contributed by atoms with Crippen LogP contribution in [-0.4, -0.2) is 36.1 Å². The molecule has 2 atom stereocenters. The van der Waals surface area contributed by atoms with Gasteiger partial charge in [-0.2, -0.15) is 0 Å². The zero-order valence-corrected chi connectivity index (χ0v) is 9.59. The maximum atomic E-state index is 11.4. The Labute approximate surface area is 89.6 Å². The number of ketones is 1. The molecule has 0 aliphatic carbocycles. The lowest BCUT2D eigenvalue weighted by Gasteiger charge is -2.29. The van der Waals surface area contributed by atoms with Crippen LogP contribution in [0.15, 0.2) is 0 Å². The molecule has 1 fully saturated rings. The van der Waals surface area contributed by atoms with Gasteiger partial charge in [0.25, 0.3) is 0 Å². The molecule has 0 saturated carbocycles. The lowest BCUT2D eigenvalue weighted by atomic mass is 10.0. The van der Waals surface area contributed by atoms with Crippen LogP contribution in [0, 0.1) is 0 Å². The van der Waals surface area contributed by atoms with E-state index in [2.05, 4.69) is 10.6 Å². The molecule has 1 saturated heterocycles.